The number of carbonyl (C=O) groups excluding carboxylic acids is 1. The minimum absolute atomic E-state index is 0.0348. The second-order valence-electron chi connectivity index (χ2n) is 6.35. The minimum atomic E-state index is -1.64. The number of amides is 1. The number of rotatable bonds is 6. The highest BCUT2D eigenvalue weighted by molar-refractivity contribution is 6.61. The number of hydrogen-bond donors (Lipinski definition) is 4. The van der Waals surface area contributed by atoms with Crippen LogP contribution in [-0.2, 0) is 6.54 Å². The third kappa shape index (κ3) is 3.79. The highest BCUT2D eigenvalue weighted by Gasteiger charge is 2.19. The molecule has 0 spiro atoms. The van der Waals surface area contributed by atoms with Gasteiger partial charge in [0.1, 0.15) is 11.5 Å². The molecule has 0 atom stereocenters. The van der Waals surface area contributed by atoms with E-state index in [4.69, 9.17) is 5.73 Å². The first kappa shape index (κ1) is 18.6. The summed E-state index contributed by atoms with van der Waals surface area (Å²) in [7, 11) is -1.64. The van der Waals surface area contributed by atoms with Crippen molar-refractivity contribution in [2.45, 2.75) is 6.54 Å². The van der Waals surface area contributed by atoms with E-state index >= 15 is 0 Å². The Kier molecular flexibility index (Phi) is 4.94. The van der Waals surface area contributed by atoms with Gasteiger partial charge in [-0.15, -0.1) is 0 Å². The number of carbonyl (C=O) groups is 1. The van der Waals surface area contributed by atoms with E-state index in [1.807, 2.05) is 30.3 Å². The van der Waals surface area contributed by atoms with Crippen LogP contribution in [0.1, 0.15) is 16.1 Å². The molecule has 1 amide bonds. The van der Waals surface area contributed by atoms with Crippen molar-refractivity contribution in [1.82, 2.24) is 19.7 Å². The monoisotopic (exact) mass is 388 g/mol. The number of primary amides is 1. The second kappa shape index (κ2) is 7.70. The van der Waals surface area contributed by atoms with Crippen LogP contribution in [0.3, 0.4) is 0 Å². The lowest BCUT2D eigenvalue weighted by molar-refractivity contribution is 0.0995. The molecule has 10 heteroatoms. The normalized spacial score (nSPS) is 10.8. The average Bonchev–Trinajstić information content (AvgIpc) is 3.17. The fourth-order valence-electron chi connectivity index (χ4n) is 2.99. The van der Waals surface area contributed by atoms with Gasteiger partial charge in [0.15, 0.2) is 0 Å². The van der Waals surface area contributed by atoms with Crippen LogP contribution in [0.5, 0.6) is 0 Å². The van der Waals surface area contributed by atoms with Gasteiger partial charge >= 0.3 is 7.12 Å². The third-order valence-corrected chi connectivity index (χ3v) is 4.40. The van der Waals surface area contributed by atoms with Gasteiger partial charge in [-0.05, 0) is 17.1 Å². The number of aromatic nitrogens is 4. The van der Waals surface area contributed by atoms with E-state index in [1.54, 1.807) is 18.2 Å². The number of hydrogen-bond acceptors (Lipinski definition) is 7. The zero-order valence-electron chi connectivity index (χ0n) is 15.2. The molecule has 0 aliphatic rings. The van der Waals surface area contributed by atoms with Crippen LogP contribution in [0.2, 0.25) is 0 Å². The minimum Gasteiger partial charge on any atom is -0.423 e. The van der Waals surface area contributed by atoms with Gasteiger partial charge in [-0.3, -0.25) is 4.79 Å². The Bertz CT molecular complexity index is 1180. The molecule has 2 aromatic carbocycles. The van der Waals surface area contributed by atoms with Crippen molar-refractivity contribution in [2.24, 2.45) is 5.73 Å². The summed E-state index contributed by atoms with van der Waals surface area (Å²) in [6, 6.07) is 16.2. The molecular formula is C19H17BN6O3. The predicted molar refractivity (Wildman–Crippen MR) is 109 cm³/mol. The maximum atomic E-state index is 11.8. The van der Waals surface area contributed by atoms with E-state index in [0.29, 0.717) is 28.7 Å². The summed E-state index contributed by atoms with van der Waals surface area (Å²) in [6.45, 7) is 0.496. The van der Waals surface area contributed by atoms with Crippen molar-refractivity contribution >= 4 is 35.2 Å². The van der Waals surface area contributed by atoms with Gasteiger partial charge in [0.25, 0.3) is 11.9 Å². The lowest BCUT2D eigenvalue weighted by atomic mass is 9.78. The third-order valence-electron chi connectivity index (χ3n) is 4.40. The number of nitrogens with zero attached hydrogens (tertiary/aromatic N) is 4. The largest absolute Gasteiger partial charge is 0.489 e. The molecule has 0 saturated carbocycles. The van der Waals surface area contributed by atoms with Crippen molar-refractivity contribution < 1.29 is 14.8 Å². The van der Waals surface area contributed by atoms with Gasteiger partial charge in [-0.1, -0.05) is 42.5 Å². The standard InChI is InChI=1S/C19H17BN6O3/c21-18(27)15-9-17(22-10-12-5-2-1-3-6-12)25-19(24-15)26-16-8-4-7-14(20(28)29)13(16)11-23-26/h1-9,11,28-29H,10H2,(H2,21,27)(H,22,24,25). The first-order chi connectivity index (χ1) is 14.0. The Morgan fingerprint density at radius 2 is 1.90 bits per heavy atom. The molecule has 9 nitrogen and oxygen atoms in total. The summed E-state index contributed by atoms with van der Waals surface area (Å²) in [6.07, 6.45) is 1.49. The number of nitrogens with one attached hydrogen (secondary N) is 1. The van der Waals surface area contributed by atoms with E-state index in [1.165, 1.54) is 16.9 Å². The Labute approximate surface area is 166 Å². The zero-order chi connectivity index (χ0) is 20.4. The van der Waals surface area contributed by atoms with E-state index in [0.717, 1.165) is 5.56 Å². The quantitative estimate of drug-likeness (QED) is 0.346. The molecule has 0 saturated heterocycles. The highest BCUT2D eigenvalue weighted by Crippen LogP contribution is 2.17. The smallest absolute Gasteiger partial charge is 0.423 e. The summed E-state index contributed by atoms with van der Waals surface area (Å²) in [4.78, 5) is 20.4. The lowest BCUT2D eigenvalue weighted by Crippen LogP contribution is -2.30. The van der Waals surface area contributed by atoms with Crippen molar-refractivity contribution in [3.8, 4) is 5.95 Å². The predicted octanol–water partition coefficient (Wildman–Crippen LogP) is 0.206. The van der Waals surface area contributed by atoms with Crippen LogP contribution in [0.4, 0.5) is 5.82 Å². The SMILES string of the molecule is NC(=O)c1cc(NCc2ccccc2)nc(-n2ncc3c(B(O)O)cccc32)n1. The second-order valence-corrected chi connectivity index (χ2v) is 6.35. The fourth-order valence-corrected chi connectivity index (χ4v) is 2.99. The van der Waals surface area contributed by atoms with Gasteiger partial charge in [0, 0.05) is 18.0 Å². The van der Waals surface area contributed by atoms with Crippen molar-refractivity contribution in [3.05, 3.63) is 72.1 Å². The summed E-state index contributed by atoms with van der Waals surface area (Å²) >= 11 is 0. The van der Waals surface area contributed by atoms with Crippen molar-refractivity contribution in [2.75, 3.05) is 5.32 Å². The number of fused-ring (bicyclic) bond motifs is 1. The molecule has 5 N–H and O–H groups in total. The molecule has 0 bridgehead atoms. The first-order valence-corrected chi connectivity index (χ1v) is 8.83. The molecule has 144 valence electrons. The molecule has 2 aromatic heterocycles. The van der Waals surface area contributed by atoms with Gasteiger partial charge in [0.2, 0.25) is 0 Å². The number of anilines is 1. The Balaban J connectivity index is 1.75. The van der Waals surface area contributed by atoms with Gasteiger partial charge in [-0.25, -0.2) is 4.98 Å². The van der Waals surface area contributed by atoms with Crippen LogP contribution in [0.25, 0.3) is 16.9 Å². The van der Waals surface area contributed by atoms with E-state index in [9.17, 15) is 14.8 Å². The molecule has 0 aliphatic heterocycles. The van der Waals surface area contributed by atoms with Gasteiger partial charge in [-0.2, -0.15) is 14.8 Å². The van der Waals surface area contributed by atoms with E-state index < -0.39 is 13.0 Å². The molecule has 4 aromatic rings. The average molecular weight is 388 g/mol. The van der Waals surface area contributed by atoms with Gasteiger partial charge < -0.3 is 21.1 Å². The van der Waals surface area contributed by atoms with Crippen LogP contribution >= 0.6 is 0 Å². The maximum absolute atomic E-state index is 11.8. The molecule has 0 unspecified atom stereocenters. The van der Waals surface area contributed by atoms with Crippen LogP contribution < -0.4 is 16.5 Å². The van der Waals surface area contributed by atoms with Crippen LogP contribution in [0.15, 0.2) is 60.8 Å². The van der Waals surface area contributed by atoms with Crippen LogP contribution in [-0.4, -0.2) is 42.8 Å². The Morgan fingerprint density at radius 3 is 2.62 bits per heavy atom. The van der Waals surface area contributed by atoms with Crippen LogP contribution in [0, 0.1) is 0 Å². The maximum Gasteiger partial charge on any atom is 0.489 e. The zero-order valence-corrected chi connectivity index (χ0v) is 15.2. The molecule has 0 aliphatic carbocycles. The molecule has 0 fully saturated rings. The van der Waals surface area contributed by atoms with Gasteiger partial charge in [0.05, 0.1) is 11.7 Å². The summed E-state index contributed by atoms with van der Waals surface area (Å²) in [5.74, 6) is -0.148. The lowest BCUT2D eigenvalue weighted by Gasteiger charge is -2.10. The summed E-state index contributed by atoms with van der Waals surface area (Å²) < 4.78 is 1.42. The molecule has 0 radical (unpaired) electrons. The molecule has 4 rings (SSSR count). The molecular weight excluding hydrogens is 371 g/mol. The fraction of sp³-hybridized carbons (Fsp3) is 0.0526. The first-order valence-electron chi connectivity index (χ1n) is 8.83. The topological polar surface area (TPSA) is 139 Å². The molecule has 29 heavy (non-hydrogen) atoms. The van der Waals surface area contributed by atoms with E-state index in [2.05, 4.69) is 20.4 Å². The number of benzene rings is 2. The molecule has 2 heterocycles. The summed E-state index contributed by atoms with van der Waals surface area (Å²) in [5.41, 5.74) is 7.38. The highest BCUT2D eigenvalue weighted by atomic mass is 16.4. The Hall–Kier alpha value is -3.76. The van der Waals surface area contributed by atoms with E-state index in [-0.39, 0.29) is 11.6 Å². The number of nitrogens with two attached hydrogens (primary N) is 1. The Morgan fingerprint density at radius 1 is 1.10 bits per heavy atom. The summed E-state index contributed by atoms with van der Waals surface area (Å²) in [5, 5.41) is 27.1. The van der Waals surface area contributed by atoms with Crippen molar-refractivity contribution in [3.63, 3.8) is 0 Å². The van der Waals surface area contributed by atoms with Crippen molar-refractivity contribution in [1.29, 1.82) is 0 Å².